The summed E-state index contributed by atoms with van der Waals surface area (Å²) in [5.74, 6) is 0.109. The minimum atomic E-state index is -0.506. The molecular weight excluding hydrogens is 306 g/mol. The molecule has 138 valence electrons. The second kappa shape index (κ2) is 7.30. The smallest absolute Gasteiger partial charge is 0.410 e. The summed E-state index contributed by atoms with van der Waals surface area (Å²) >= 11 is 0. The molecule has 1 saturated heterocycles. The predicted molar refractivity (Wildman–Crippen MR) is 93.5 cm³/mol. The van der Waals surface area contributed by atoms with Crippen molar-refractivity contribution in [2.24, 2.45) is 11.7 Å². The molecule has 2 aliphatic rings. The SMILES string of the molecule is CC(C)[C@H](N)C(=O)N1CCCC(N(C(=O)OC(C)(C)C)C2CC2)C1. The van der Waals surface area contributed by atoms with Gasteiger partial charge in [0.05, 0.1) is 12.1 Å². The van der Waals surface area contributed by atoms with E-state index in [4.69, 9.17) is 10.5 Å². The van der Waals surface area contributed by atoms with Gasteiger partial charge >= 0.3 is 6.09 Å². The Labute approximate surface area is 145 Å². The van der Waals surface area contributed by atoms with E-state index in [0.29, 0.717) is 6.54 Å². The summed E-state index contributed by atoms with van der Waals surface area (Å²) in [4.78, 5) is 28.9. The van der Waals surface area contributed by atoms with Crippen molar-refractivity contribution in [3.05, 3.63) is 0 Å². The highest BCUT2D eigenvalue weighted by Crippen LogP contribution is 2.33. The van der Waals surface area contributed by atoms with Crippen molar-refractivity contribution in [2.45, 2.75) is 84.0 Å². The molecule has 0 bridgehead atoms. The number of ether oxygens (including phenoxy) is 1. The maximum absolute atomic E-state index is 12.6. The molecule has 24 heavy (non-hydrogen) atoms. The van der Waals surface area contributed by atoms with Crippen LogP contribution in [0.1, 0.15) is 60.3 Å². The Morgan fingerprint density at radius 1 is 1.17 bits per heavy atom. The third-order valence-electron chi connectivity index (χ3n) is 4.65. The lowest BCUT2D eigenvalue weighted by Crippen LogP contribution is -2.56. The second-order valence-corrected chi connectivity index (χ2v) is 8.47. The number of rotatable bonds is 4. The van der Waals surface area contributed by atoms with Crippen molar-refractivity contribution in [1.29, 1.82) is 0 Å². The molecule has 1 unspecified atom stereocenters. The van der Waals surface area contributed by atoms with E-state index in [0.717, 1.165) is 32.2 Å². The van der Waals surface area contributed by atoms with Crippen LogP contribution >= 0.6 is 0 Å². The third-order valence-corrected chi connectivity index (χ3v) is 4.65. The van der Waals surface area contributed by atoms with Gasteiger partial charge in [0.1, 0.15) is 5.60 Å². The van der Waals surface area contributed by atoms with Crippen molar-refractivity contribution in [3.8, 4) is 0 Å². The van der Waals surface area contributed by atoms with Crippen molar-refractivity contribution in [1.82, 2.24) is 9.80 Å². The van der Waals surface area contributed by atoms with Gasteiger partial charge in [0, 0.05) is 19.1 Å². The normalized spacial score (nSPS) is 23.1. The molecule has 0 radical (unpaired) electrons. The van der Waals surface area contributed by atoms with E-state index < -0.39 is 11.6 Å². The van der Waals surface area contributed by atoms with Gasteiger partial charge in [-0.1, -0.05) is 13.8 Å². The average Bonchev–Trinajstić information content (AvgIpc) is 3.29. The molecule has 1 heterocycles. The van der Waals surface area contributed by atoms with E-state index in [1.807, 2.05) is 44.4 Å². The van der Waals surface area contributed by atoms with Crippen LogP contribution in [0.3, 0.4) is 0 Å². The first-order valence-electron chi connectivity index (χ1n) is 9.16. The van der Waals surface area contributed by atoms with Gasteiger partial charge in [-0.05, 0) is 52.4 Å². The summed E-state index contributed by atoms with van der Waals surface area (Å²) in [5.41, 5.74) is 5.53. The Bertz CT molecular complexity index is 469. The molecule has 0 aromatic rings. The van der Waals surface area contributed by atoms with Crippen LogP contribution in [0, 0.1) is 5.92 Å². The maximum Gasteiger partial charge on any atom is 0.410 e. The van der Waals surface area contributed by atoms with Gasteiger partial charge in [-0.2, -0.15) is 0 Å². The number of piperidine rings is 1. The van der Waals surface area contributed by atoms with Crippen LogP contribution in [0.2, 0.25) is 0 Å². The van der Waals surface area contributed by atoms with Gasteiger partial charge in [-0.3, -0.25) is 4.79 Å². The number of amides is 2. The molecule has 2 amide bonds. The highest BCUT2D eigenvalue weighted by Gasteiger charge is 2.42. The Balaban J connectivity index is 2.05. The summed E-state index contributed by atoms with van der Waals surface area (Å²) in [6, 6.07) is -0.178. The molecule has 1 saturated carbocycles. The molecular formula is C18H33N3O3. The van der Waals surface area contributed by atoms with Crippen molar-refractivity contribution in [2.75, 3.05) is 13.1 Å². The molecule has 1 aliphatic heterocycles. The molecule has 1 aliphatic carbocycles. The molecule has 0 aromatic carbocycles. The Morgan fingerprint density at radius 3 is 2.29 bits per heavy atom. The summed E-state index contributed by atoms with van der Waals surface area (Å²) in [5, 5.41) is 0. The first-order valence-corrected chi connectivity index (χ1v) is 9.16. The first kappa shape index (κ1) is 19.0. The van der Waals surface area contributed by atoms with Gasteiger partial charge in [0.25, 0.3) is 0 Å². The Hall–Kier alpha value is -1.30. The van der Waals surface area contributed by atoms with E-state index in [1.54, 1.807) is 0 Å². The summed E-state index contributed by atoms with van der Waals surface area (Å²) in [6.07, 6.45) is 3.60. The zero-order chi connectivity index (χ0) is 18.1. The van der Waals surface area contributed by atoms with Crippen LogP contribution in [0.15, 0.2) is 0 Å². The Morgan fingerprint density at radius 2 is 1.79 bits per heavy atom. The molecule has 6 nitrogen and oxygen atoms in total. The lowest BCUT2D eigenvalue weighted by molar-refractivity contribution is -0.135. The fraction of sp³-hybridized carbons (Fsp3) is 0.889. The second-order valence-electron chi connectivity index (χ2n) is 8.47. The fourth-order valence-corrected chi connectivity index (χ4v) is 3.14. The summed E-state index contributed by atoms with van der Waals surface area (Å²) in [6.45, 7) is 10.9. The summed E-state index contributed by atoms with van der Waals surface area (Å²) < 4.78 is 5.59. The molecule has 2 fully saturated rings. The molecule has 2 N–H and O–H groups in total. The van der Waals surface area contributed by atoms with Crippen LogP contribution in [0.5, 0.6) is 0 Å². The Kier molecular flexibility index (Phi) is 5.78. The molecule has 0 spiro atoms. The third kappa shape index (κ3) is 4.85. The number of likely N-dealkylation sites (tertiary alicyclic amines) is 1. The van der Waals surface area contributed by atoms with Gasteiger partial charge in [0.2, 0.25) is 5.91 Å². The number of carbonyl (C=O) groups excluding carboxylic acids is 2. The summed E-state index contributed by atoms with van der Waals surface area (Å²) in [7, 11) is 0. The van der Waals surface area contributed by atoms with Crippen LogP contribution < -0.4 is 5.73 Å². The lowest BCUT2D eigenvalue weighted by Gasteiger charge is -2.41. The van der Waals surface area contributed by atoms with Gasteiger partial charge < -0.3 is 20.3 Å². The van der Waals surface area contributed by atoms with Crippen molar-refractivity contribution >= 4 is 12.0 Å². The largest absolute Gasteiger partial charge is 0.444 e. The maximum atomic E-state index is 12.6. The topological polar surface area (TPSA) is 75.9 Å². The minimum absolute atomic E-state index is 0.00497. The number of hydrogen-bond acceptors (Lipinski definition) is 4. The zero-order valence-electron chi connectivity index (χ0n) is 15.7. The highest BCUT2D eigenvalue weighted by atomic mass is 16.6. The minimum Gasteiger partial charge on any atom is -0.444 e. The van der Waals surface area contributed by atoms with Gasteiger partial charge in [-0.25, -0.2) is 4.79 Å². The molecule has 0 aromatic heterocycles. The van der Waals surface area contributed by atoms with E-state index in [1.165, 1.54) is 0 Å². The standard InChI is InChI=1S/C18H33N3O3/c1-12(2)15(19)16(22)20-10-6-7-14(11-20)21(13-8-9-13)17(23)24-18(3,4)5/h12-15H,6-11,19H2,1-5H3/t14?,15-/m0/s1. The van der Waals surface area contributed by atoms with Crippen molar-refractivity contribution < 1.29 is 14.3 Å². The van der Waals surface area contributed by atoms with Gasteiger partial charge in [0.15, 0.2) is 0 Å². The number of carbonyl (C=O) groups is 2. The van der Waals surface area contributed by atoms with E-state index in [2.05, 4.69) is 0 Å². The zero-order valence-corrected chi connectivity index (χ0v) is 15.7. The van der Waals surface area contributed by atoms with E-state index in [9.17, 15) is 9.59 Å². The van der Waals surface area contributed by atoms with Crippen LogP contribution in [0.25, 0.3) is 0 Å². The fourth-order valence-electron chi connectivity index (χ4n) is 3.14. The number of nitrogens with zero attached hydrogens (tertiary/aromatic N) is 2. The monoisotopic (exact) mass is 339 g/mol. The number of nitrogens with two attached hydrogens (primary N) is 1. The van der Waals surface area contributed by atoms with E-state index in [-0.39, 0.29) is 30.0 Å². The van der Waals surface area contributed by atoms with Gasteiger partial charge in [-0.15, -0.1) is 0 Å². The highest BCUT2D eigenvalue weighted by molar-refractivity contribution is 5.82. The van der Waals surface area contributed by atoms with Crippen LogP contribution in [0.4, 0.5) is 4.79 Å². The molecule has 6 heteroatoms. The van der Waals surface area contributed by atoms with E-state index >= 15 is 0 Å². The van der Waals surface area contributed by atoms with Crippen LogP contribution in [-0.4, -0.2) is 58.6 Å². The van der Waals surface area contributed by atoms with Crippen LogP contribution in [-0.2, 0) is 9.53 Å². The quantitative estimate of drug-likeness (QED) is 0.853. The lowest BCUT2D eigenvalue weighted by atomic mass is 9.99. The first-order chi connectivity index (χ1) is 11.1. The number of hydrogen-bond donors (Lipinski definition) is 1. The average molecular weight is 339 g/mol. The predicted octanol–water partition coefficient (Wildman–Crippen LogP) is 2.36. The molecule has 2 atom stereocenters. The van der Waals surface area contributed by atoms with Crippen molar-refractivity contribution in [3.63, 3.8) is 0 Å². The molecule has 2 rings (SSSR count).